The molecule has 2 aromatic heterocycles. The Bertz CT molecular complexity index is 960. The van der Waals surface area contributed by atoms with Crippen LogP contribution in [0.5, 0.6) is 0 Å². The molecular weight excluding hydrogens is 338 g/mol. The molecule has 6 heteroatoms. The molecule has 0 saturated carbocycles. The van der Waals surface area contributed by atoms with Crippen molar-refractivity contribution in [1.29, 1.82) is 0 Å². The number of aromatic nitrogens is 3. The van der Waals surface area contributed by atoms with Gasteiger partial charge in [0, 0.05) is 5.56 Å². The third-order valence-corrected chi connectivity index (χ3v) is 5.82. The standard InChI is InChI=1S/C18H15N3OS2/c1-11-6-5-7-13(10-11)17-21-20-16(22-17)12(2)23-18-19-14-8-3-4-9-15(14)24-18/h3-10,12H,1-2H3/t12-/m1/s1. The van der Waals surface area contributed by atoms with Gasteiger partial charge in [0.2, 0.25) is 11.8 Å². The highest BCUT2D eigenvalue weighted by atomic mass is 32.2. The molecule has 4 rings (SSSR count). The molecule has 4 nitrogen and oxygen atoms in total. The number of thioether (sulfide) groups is 1. The van der Waals surface area contributed by atoms with Crippen LogP contribution in [-0.2, 0) is 0 Å². The number of fused-ring (bicyclic) bond motifs is 1. The number of aryl methyl sites for hydroxylation is 1. The lowest BCUT2D eigenvalue weighted by molar-refractivity contribution is 0.509. The topological polar surface area (TPSA) is 51.8 Å². The predicted octanol–water partition coefficient (Wildman–Crippen LogP) is 5.51. The van der Waals surface area contributed by atoms with Gasteiger partial charge in [-0.3, -0.25) is 0 Å². The molecule has 0 spiro atoms. The smallest absolute Gasteiger partial charge is 0.247 e. The number of thiazole rings is 1. The van der Waals surface area contributed by atoms with Crippen molar-refractivity contribution < 1.29 is 4.42 Å². The number of hydrogen-bond acceptors (Lipinski definition) is 6. The van der Waals surface area contributed by atoms with E-state index in [-0.39, 0.29) is 5.25 Å². The summed E-state index contributed by atoms with van der Waals surface area (Å²) in [5, 5.41) is 8.45. The van der Waals surface area contributed by atoms with E-state index in [0.29, 0.717) is 11.8 Å². The molecule has 24 heavy (non-hydrogen) atoms. The molecule has 0 saturated heterocycles. The van der Waals surface area contributed by atoms with E-state index in [1.54, 1.807) is 23.1 Å². The predicted molar refractivity (Wildman–Crippen MR) is 98.4 cm³/mol. The second-order valence-electron chi connectivity index (χ2n) is 5.52. The molecule has 0 N–H and O–H groups in total. The van der Waals surface area contributed by atoms with E-state index in [1.807, 2.05) is 49.4 Å². The summed E-state index contributed by atoms with van der Waals surface area (Å²) in [5.41, 5.74) is 3.15. The van der Waals surface area contributed by atoms with Gasteiger partial charge in [-0.25, -0.2) is 4.98 Å². The van der Waals surface area contributed by atoms with Crippen LogP contribution >= 0.6 is 23.1 Å². The molecule has 4 aromatic rings. The van der Waals surface area contributed by atoms with Gasteiger partial charge in [0.05, 0.1) is 15.5 Å². The molecule has 0 aliphatic rings. The van der Waals surface area contributed by atoms with E-state index < -0.39 is 0 Å². The van der Waals surface area contributed by atoms with Crippen LogP contribution in [0, 0.1) is 6.92 Å². The van der Waals surface area contributed by atoms with Crippen molar-refractivity contribution in [3.05, 3.63) is 60.0 Å². The Morgan fingerprint density at radius 1 is 1.08 bits per heavy atom. The maximum Gasteiger partial charge on any atom is 0.247 e. The van der Waals surface area contributed by atoms with Gasteiger partial charge in [-0.05, 0) is 38.1 Å². The van der Waals surface area contributed by atoms with Crippen LogP contribution in [-0.4, -0.2) is 15.2 Å². The van der Waals surface area contributed by atoms with Crippen LogP contribution in [0.3, 0.4) is 0 Å². The van der Waals surface area contributed by atoms with Gasteiger partial charge >= 0.3 is 0 Å². The minimum absolute atomic E-state index is 0.0524. The van der Waals surface area contributed by atoms with Crippen LogP contribution < -0.4 is 0 Å². The highest BCUT2D eigenvalue weighted by Gasteiger charge is 2.18. The minimum atomic E-state index is 0.0524. The first-order valence-corrected chi connectivity index (χ1v) is 9.31. The lowest BCUT2D eigenvalue weighted by Crippen LogP contribution is -1.88. The highest BCUT2D eigenvalue weighted by molar-refractivity contribution is 8.01. The summed E-state index contributed by atoms with van der Waals surface area (Å²) < 4.78 is 8.07. The number of rotatable bonds is 4. The summed E-state index contributed by atoms with van der Waals surface area (Å²) in [5.74, 6) is 1.18. The Hall–Kier alpha value is -2.18. The number of hydrogen-bond donors (Lipinski definition) is 0. The molecule has 0 aliphatic heterocycles. The van der Waals surface area contributed by atoms with Crippen LogP contribution in [0.25, 0.3) is 21.7 Å². The number of nitrogens with zero attached hydrogens (tertiary/aromatic N) is 3. The zero-order chi connectivity index (χ0) is 16.5. The normalized spacial score (nSPS) is 12.6. The molecular formula is C18H15N3OS2. The first-order chi connectivity index (χ1) is 11.7. The van der Waals surface area contributed by atoms with Gasteiger partial charge < -0.3 is 4.42 Å². The van der Waals surface area contributed by atoms with Crippen LogP contribution in [0.4, 0.5) is 0 Å². The van der Waals surface area contributed by atoms with E-state index in [1.165, 1.54) is 10.3 Å². The molecule has 1 atom stereocenters. The summed E-state index contributed by atoms with van der Waals surface area (Å²) in [6.45, 7) is 4.11. The molecule has 0 aliphatic carbocycles. The fourth-order valence-electron chi connectivity index (χ4n) is 2.40. The largest absolute Gasteiger partial charge is 0.419 e. The molecule has 0 amide bonds. The van der Waals surface area contributed by atoms with E-state index in [0.717, 1.165) is 15.4 Å². The van der Waals surface area contributed by atoms with E-state index >= 15 is 0 Å². The third kappa shape index (κ3) is 3.07. The maximum atomic E-state index is 5.87. The molecule has 0 bridgehead atoms. The first kappa shape index (κ1) is 15.4. The fourth-order valence-corrected chi connectivity index (χ4v) is 4.64. The van der Waals surface area contributed by atoms with Crippen molar-refractivity contribution >= 4 is 33.3 Å². The molecule has 2 aromatic carbocycles. The molecule has 0 radical (unpaired) electrons. The quantitative estimate of drug-likeness (QED) is 0.453. The maximum absolute atomic E-state index is 5.87. The van der Waals surface area contributed by atoms with Crippen molar-refractivity contribution in [2.45, 2.75) is 23.4 Å². The lowest BCUT2D eigenvalue weighted by Gasteiger charge is -2.02. The molecule has 0 fully saturated rings. The zero-order valence-corrected chi connectivity index (χ0v) is 14.9. The van der Waals surface area contributed by atoms with Crippen molar-refractivity contribution in [3.8, 4) is 11.5 Å². The fraction of sp³-hybridized carbons (Fsp3) is 0.167. The summed E-state index contributed by atoms with van der Waals surface area (Å²) in [6.07, 6.45) is 0. The molecule has 0 unspecified atom stereocenters. The summed E-state index contributed by atoms with van der Waals surface area (Å²) >= 11 is 3.33. The van der Waals surface area contributed by atoms with Gasteiger partial charge in [0.1, 0.15) is 0 Å². The first-order valence-electron chi connectivity index (χ1n) is 7.62. The summed E-state index contributed by atoms with van der Waals surface area (Å²) in [6, 6.07) is 16.2. The lowest BCUT2D eigenvalue weighted by atomic mass is 10.1. The second-order valence-corrected chi connectivity index (χ2v) is 8.14. The van der Waals surface area contributed by atoms with Gasteiger partial charge in [-0.2, -0.15) is 0 Å². The monoisotopic (exact) mass is 353 g/mol. The van der Waals surface area contributed by atoms with Crippen molar-refractivity contribution in [2.24, 2.45) is 0 Å². The van der Waals surface area contributed by atoms with Crippen LogP contribution in [0.15, 0.2) is 57.3 Å². The third-order valence-electron chi connectivity index (χ3n) is 3.61. The highest BCUT2D eigenvalue weighted by Crippen LogP contribution is 2.38. The second kappa shape index (κ2) is 6.37. The SMILES string of the molecule is Cc1cccc(-c2nnc([C@@H](C)Sc3nc4ccccc4s3)o2)c1. The Kier molecular flexibility index (Phi) is 4.08. The molecule has 2 heterocycles. The van der Waals surface area contributed by atoms with E-state index in [2.05, 4.69) is 28.2 Å². The van der Waals surface area contributed by atoms with Gasteiger partial charge in [-0.15, -0.1) is 21.5 Å². The number of para-hydroxylation sites is 1. The Morgan fingerprint density at radius 2 is 1.96 bits per heavy atom. The van der Waals surface area contributed by atoms with E-state index in [4.69, 9.17) is 4.42 Å². The van der Waals surface area contributed by atoms with Crippen molar-refractivity contribution in [3.63, 3.8) is 0 Å². The van der Waals surface area contributed by atoms with Gasteiger partial charge in [0.25, 0.3) is 0 Å². The average molecular weight is 353 g/mol. The average Bonchev–Trinajstić information content (AvgIpc) is 3.21. The zero-order valence-electron chi connectivity index (χ0n) is 13.3. The summed E-state index contributed by atoms with van der Waals surface area (Å²) in [4.78, 5) is 4.65. The Morgan fingerprint density at radius 3 is 2.79 bits per heavy atom. The molecule has 120 valence electrons. The van der Waals surface area contributed by atoms with E-state index in [9.17, 15) is 0 Å². The van der Waals surface area contributed by atoms with Gasteiger partial charge in [-0.1, -0.05) is 41.6 Å². The minimum Gasteiger partial charge on any atom is -0.419 e. The number of benzene rings is 2. The van der Waals surface area contributed by atoms with Crippen LogP contribution in [0.1, 0.15) is 23.6 Å². The van der Waals surface area contributed by atoms with Crippen molar-refractivity contribution in [1.82, 2.24) is 15.2 Å². The van der Waals surface area contributed by atoms with Crippen LogP contribution in [0.2, 0.25) is 0 Å². The van der Waals surface area contributed by atoms with Gasteiger partial charge in [0.15, 0.2) is 4.34 Å². The summed E-state index contributed by atoms with van der Waals surface area (Å²) in [7, 11) is 0. The Balaban J connectivity index is 1.55. The van der Waals surface area contributed by atoms with Crippen molar-refractivity contribution in [2.75, 3.05) is 0 Å². The Labute approximate surface area is 148 Å².